The highest BCUT2D eigenvalue weighted by molar-refractivity contribution is 7.37. The van der Waals surface area contributed by atoms with Crippen molar-refractivity contribution in [2.45, 2.75) is 12.5 Å². The van der Waals surface area contributed by atoms with Gasteiger partial charge in [-0.15, -0.1) is 0 Å². The largest absolute Gasteiger partial charge is 0.480 e. The van der Waals surface area contributed by atoms with Crippen molar-refractivity contribution in [3.8, 4) is 0 Å². The molecular weight excluding hydrogens is 219 g/mol. The predicted octanol–water partition coefficient (Wildman–Crippen LogP) is -0.798. The van der Waals surface area contributed by atoms with Crippen LogP contribution in [0.2, 0.25) is 0 Å². The van der Waals surface area contributed by atoms with E-state index < -0.39 is 20.0 Å². The number of carboxylic acids is 1. The summed E-state index contributed by atoms with van der Waals surface area (Å²) in [6, 6.07) is -0.509. The van der Waals surface area contributed by atoms with E-state index >= 15 is 0 Å². The van der Waals surface area contributed by atoms with Crippen LogP contribution < -0.4 is 5.32 Å². The summed E-state index contributed by atoms with van der Waals surface area (Å²) in [5.41, 5.74) is 0. The van der Waals surface area contributed by atoms with Crippen LogP contribution in [0.5, 0.6) is 0 Å². The molecular formula is C8H17N2O4P. The minimum absolute atomic E-state index is 0.326. The summed E-state index contributed by atoms with van der Waals surface area (Å²) in [7, 11) is -2.37. The van der Waals surface area contributed by atoms with E-state index in [0.717, 1.165) is 6.54 Å². The molecule has 0 aliphatic carbocycles. The Hall–Kier alpha value is -0.420. The van der Waals surface area contributed by atoms with Crippen LogP contribution in [0.4, 0.5) is 0 Å². The molecule has 7 heteroatoms. The zero-order chi connectivity index (χ0) is 11.3. The molecule has 15 heavy (non-hydrogen) atoms. The molecule has 1 rings (SSSR count). The van der Waals surface area contributed by atoms with E-state index in [2.05, 4.69) is 5.32 Å². The van der Waals surface area contributed by atoms with Crippen molar-refractivity contribution in [3.63, 3.8) is 0 Å². The SMILES string of the molecule is O=C(O)C1CN(CCC[PH](=O)O)CCN1. The van der Waals surface area contributed by atoms with Gasteiger partial charge in [-0.25, -0.2) is 0 Å². The molecule has 3 N–H and O–H groups in total. The first-order chi connectivity index (χ1) is 7.09. The van der Waals surface area contributed by atoms with Gasteiger partial charge in [-0.1, -0.05) is 0 Å². The van der Waals surface area contributed by atoms with E-state index in [9.17, 15) is 9.36 Å². The summed E-state index contributed by atoms with van der Waals surface area (Å²) in [6.07, 6.45) is 0.979. The Balaban J connectivity index is 2.24. The third-order valence-corrected chi connectivity index (χ3v) is 3.20. The van der Waals surface area contributed by atoms with E-state index in [1.165, 1.54) is 0 Å². The van der Waals surface area contributed by atoms with Gasteiger partial charge in [0.2, 0.25) is 0 Å². The minimum Gasteiger partial charge on any atom is -0.480 e. The second-order valence-corrected chi connectivity index (χ2v) is 4.93. The Labute approximate surface area is 89.1 Å². The van der Waals surface area contributed by atoms with E-state index in [1.807, 2.05) is 4.90 Å². The molecule has 0 amide bonds. The van der Waals surface area contributed by atoms with Gasteiger partial charge in [0.05, 0.1) is 0 Å². The van der Waals surface area contributed by atoms with Gasteiger partial charge in [-0.3, -0.25) is 14.3 Å². The van der Waals surface area contributed by atoms with Crippen molar-refractivity contribution in [1.82, 2.24) is 10.2 Å². The van der Waals surface area contributed by atoms with Gasteiger partial charge in [0.25, 0.3) is 0 Å². The highest BCUT2D eigenvalue weighted by Gasteiger charge is 2.24. The Morgan fingerprint density at radius 2 is 2.33 bits per heavy atom. The zero-order valence-corrected chi connectivity index (χ0v) is 9.48. The standard InChI is InChI=1S/C8H17N2O4P/c11-8(12)7-6-10(4-2-9-7)3-1-5-15(13)14/h7,9,15H,1-6H2,(H,11,12)(H,13,14). The van der Waals surface area contributed by atoms with Crippen molar-refractivity contribution in [2.24, 2.45) is 0 Å². The summed E-state index contributed by atoms with van der Waals surface area (Å²) in [6.45, 7) is 2.63. The predicted molar refractivity (Wildman–Crippen MR) is 56.6 cm³/mol. The van der Waals surface area contributed by atoms with E-state index in [-0.39, 0.29) is 0 Å². The molecule has 0 radical (unpaired) electrons. The van der Waals surface area contributed by atoms with Crippen molar-refractivity contribution in [3.05, 3.63) is 0 Å². The number of hydrogen-bond donors (Lipinski definition) is 3. The van der Waals surface area contributed by atoms with Crippen LogP contribution >= 0.6 is 8.03 Å². The van der Waals surface area contributed by atoms with Gasteiger partial charge < -0.3 is 15.3 Å². The average Bonchev–Trinajstić information content (AvgIpc) is 2.17. The quantitative estimate of drug-likeness (QED) is 0.541. The van der Waals surface area contributed by atoms with Crippen molar-refractivity contribution < 1.29 is 19.4 Å². The molecule has 1 heterocycles. The van der Waals surface area contributed by atoms with Crippen LogP contribution in [-0.4, -0.2) is 59.3 Å². The number of nitrogens with one attached hydrogen (secondary N) is 1. The third-order valence-electron chi connectivity index (χ3n) is 2.42. The van der Waals surface area contributed by atoms with Crippen LogP contribution in [0.25, 0.3) is 0 Å². The van der Waals surface area contributed by atoms with E-state index in [4.69, 9.17) is 10.00 Å². The number of hydrogen-bond acceptors (Lipinski definition) is 4. The topological polar surface area (TPSA) is 89.9 Å². The van der Waals surface area contributed by atoms with Gasteiger partial charge in [-0.2, -0.15) is 0 Å². The fraction of sp³-hybridized carbons (Fsp3) is 0.875. The molecule has 88 valence electrons. The Morgan fingerprint density at radius 1 is 1.60 bits per heavy atom. The summed E-state index contributed by atoms with van der Waals surface area (Å²) in [5.74, 6) is -0.838. The highest BCUT2D eigenvalue weighted by Crippen LogP contribution is 2.14. The Kier molecular flexibility index (Phi) is 5.25. The zero-order valence-electron chi connectivity index (χ0n) is 8.48. The molecule has 2 atom stereocenters. The molecule has 0 bridgehead atoms. The normalized spacial score (nSPS) is 25.0. The molecule has 0 aromatic carbocycles. The molecule has 2 unspecified atom stereocenters. The molecule has 0 aromatic rings. The maximum absolute atomic E-state index is 10.7. The number of carbonyl (C=O) groups is 1. The summed E-state index contributed by atoms with van der Waals surface area (Å²) >= 11 is 0. The first-order valence-electron chi connectivity index (χ1n) is 5.00. The highest BCUT2D eigenvalue weighted by atomic mass is 31.1. The molecule has 0 spiro atoms. The second kappa shape index (κ2) is 6.23. The average molecular weight is 236 g/mol. The lowest BCUT2D eigenvalue weighted by molar-refractivity contribution is -0.140. The van der Waals surface area contributed by atoms with Gasteiger partial charge in [-0.05, 0) is 13.0 Å². The lowest BCUT2D eigenvalue weighted by atomic mass is 10.2. The van der Waals surface area contributed by atoms with Crippen molar-refractivity contribution in [2.75, 3.05) is 32.3 Å². The smallest absolute Gasteiger partial charge is 0.322 e. The molecule has 1 aliphatic heterocycles. The van der Waals surface area contributed by atoms with E-state index in [1.54, 1.807) is 0 Å². The van der Waals surface area contributed by atoms with Crippen molar-refractivity contribution >= 4 is 14.0 Å². The fourth-order valence-electron chi connectivity index (χ4n) is 1.63. The van der Waals surface area contributed by atoms with Crippen LogP contribution in [0.3, 0.4) is 0 Å². The Bertz CT molecular complexity index is 249. The van der Waals surface area contributed by atoms with E-state index in [0.29, 0.717) is 32.2 Å². The molecule has 1 saturated heterocycles. The van der Waals surface area contributed by atoms with Gasteiger partial charge in [0, 0.05) is 25.8 Å². The first-order valence-corrected chi connectivity index (χ1v) is 6.56. The monoisotopic (exact) mass is 236 g/mol. The number of carboxylic acid groups (broad SMARTS) is 1. The fourth-order valence-corrected chi connectivity index (χ4v) is 2.09. The Morgan fingerprint density at radius 3 is 2.93 bits per heavy atom. The van der Waals surface area contributed by atoms with Crippen molar-refractivity contribution in [1.29, 1.82) is 0 Å². The molecule has 0 saturated carbocycles. The summed E-state index contributed by atoms with van der Waals surface area (Å²) in [5, 5.41) is 11.7. The van der Waals surface area contributed by atoms with Crippen LogP contribution in [0.1, 0.15) is 6.42 Å². The summed E-state index contributed by atoms with van der Waals surface area (Å²) in [4.78, 5) is 21.4. The van der Waals surface area contributed by atoms with Crippen LogP contribution in [0.15, 0.2) is 0 Å². The maximum atomic E-state index is 10.7. The van der Waals surface area contributed by atoms with Gasteiger partial charge in [0.1, 0.15) is 6.04 Å². The number of nitrogens with zero attached hydrogens (tertiary/aromatic N) is 1. The lowest BCUT2D eigenvalue weighted by Crippen LogP contribution is -2.54. The molecule has 6 nitrogen and oxygen atoms in total. The molecule has 1 fully saturated rings. The van der Waals surface area contributed by atoms with Gasteiger partial charge >= 0.3 is 5.97 Å². The maximum Gasteiger partial charge on any atom is 0.322 e. The molecule has 1 aliphatic rings. The van der Waals surface area contributed by atoms with Crippen LogP contribution in [-0.2, 0) is 9.36 Å². The minimum atomic E-state index is -2.37. The number of aliphatic carboxylic acids is 1. The molecule has 0 aromatic heterocycles. The lowest BCUT2D eigenvalue weighted by Gasteiger charge is -2.31. The first kappa shape index (κ1) is 12.6. The number of piperazine rings is 1. The number of rotatable bonds is 5. The summed E-state index contributed by atoms with van der Waals surface area (Å²) < 4.78 is 10.5. The third kappa shape index (κ3) is 4.75. The second-order valence-electron chi connectivity index (χ2n) is 3.64. The van der Waals surface area contributed by atoms with Gasteiger partial charge in [0.15, 0.2) is 8.03 Å². The van der Waals surface area contributed by atoms with Crippen LogP contribution in [0, 0.1) is 0 Å².